The number of rotatable bonds is 3. The van der Waals surface area contributed by atoms with Crippen molar-refractivity contribution in [2.45, 2.75) is 18.6 Å². The zero-order valence-electron chi connectivity index (χ0n) is 7.62. The van der Waals surface area contributed by atoms with Crippen LogP contribution in [-0.2, 0) is 0 Å². The maximum atomic E-state index is 12.7. The van der Waals surface area contributed by atoms with Crippen LogP contribution in [0.15, 0.2) is 35.3 Å². The summed E-state index contributed by atoms with van der Waals surface area (Å²) in [4.78, 5) is 3.49. The van der Waals surface area contributed by atoms with Crippen molar-refractivity contribution < 1.29 is 8.78 Å². The SMILES string of the molecule is CC(N=C(F)C(F)Cl)c1ccccc1. The van der Waals surface area contributed by atoms with Crippen LogP contribution in [0.2, 0.25) is 0 Å². The van der Waals surface area contributed by atoms with Gasteiger partial charge in [-0.3, -0.25) is 4.99 Å². The van der Waals surface area contributed by atoms with Crippen LogP contribution in [-0.4, -0.2) is 11.6 Å². The normalized spacial score (nSPS) is 16.4. The van der Waals surface area contributed by atoms with Gasteiger partial charge in [0.05, 0.1) is 6.04 Å². The predicted molar refractivity (Wildman–Crippen MR) is 54.1 cm³/mol. The van der Waals surface area contributed by atoms with Gasteiger partial charge in [0, 0.05) is 0 Å². The molecule has 0 saturated heterocycles. The molecule has 0 aliphatic carbocycles. The molecule has 14 heavy (non-hydrogen) atoms. The zero-order chi connectivity index (χ0) is 10.6. The van der Waals surface area contributed by atoms with Crippen molar-refractivity contribution in [1.29, 1.82) is 0 Å². The van der Waals surface area contributed by atoms with Gasteiger partial charge in [-0.25, -0.2) is 4.39 Å². The first-order valence-corrected chi connectivity index (χ1v) is 4.61. The van der Waals surface area contributed by atoms with Crippen molar-refractivity contribution in [1.82, 2.24) is 0 Å². The summed E-state index contributed by atoms with van der Waals surface area (Å²) in [6, 6.07) is 8.63. The largest absolute Gasteiger partial charge is 0.250 e. The van der Waals surface area contributed by atoms with Crippen molar-refractivity contribution in [3.8, 4) is 0 Å². The van der Waals surface area contributed by atoms with Crippen LogP contribution in [0, 0.1) is 0 Å². The lowest BCUT2D eigenvalue weighted by atomic mass is 10.1. The monoisotopic (exact) mass is 217 g/mol. The summed E-state index contributed by atoms with van der Waals surface area (Å²) >= 11 is 4.89. The molecule has 1 rings (SSSR count). The minimum atomic E-state index is -2.15. The van der Waals surface area contributed by atoms with Gasteiger partial charge >= 0.3 is 0 Å². The Morgan fingerprint density at radius 3 is 2.43 bits per heavy atom. The van der Waals surface area contributed by atoms with Gasteiger partial charge in [-0.1, -0.05) is 41.9 Å². The predicted octanol–water partition coefficient (Wildman–Crippen LogP) is 3.65. The number of nitrogens with zero attached hydrogens (tertiary/aromatic N) is 1. The Hall–Kier alpha value is -0.960. The molecular formula is C10H10ClF2N. The number of alkyl halides is 2. The summed E-state index contributed by atoms with van der Waals surface area (Å²) in [5.41, 5.74) is -1.33. The molecule has 0 bridgehead atoms. The van der Waals surface area contributed by atoms with Crippen molar-refractivity contribution in [3.05, 3.63) is 35.9 Å². The van der Waals surface area contributed by atoms with E-state index in [1.807, 2.05) is 18.2 Å². The number of hydrogen-bond donors (Lipinski definition) is 0. The maximum Gasteiger partial charge on any atom is 0.241 e. The molecule has 0 aliphatic heterocycles. The van der Waals surface area contributed by atoms with E-state index in [1.165, 1.54) is 0 Å². The van der Waals surface area contributed by atoms with Gasteiger partial charge in [0.15, 0.2) is 0 Å². The number of halogens is 3. The summed E-state index contributed by atoms with van der Waals surface area (Å²) in [5, 5.41) is 0. The maximum absolute atomic E-state index is 12.7. The Morgan fingerprint density at radius 1 is 1.36 bits per heavy atom. The Morgan fingerprint density at radius 2 is 1.93 bits per heavy atom. The van der Waals surface area contributed by atoms with E-state index < -0.39 is 17.6 Å². The Labute approximate surface area is 86.4 Å². The van der Waals surface area contributed by atoms with Crippen molar-refractivity contribution in [2.24, 2.45) is 4.99 Å². The topological polar surface area (TPSA) is 12.4 Å². The fourth-order valence-electron chi connectivity index (χ4n) is 1.05. The lowest BCUT2D eigenvalue weighted by Gasteiger charge is -2.06. The van der Waals surface area contributed by atoms with E-state index in [9.17, 15) is 8.78 Å². The Bertz CT molecular complexity index is 311. The highest BCUT2D eigenvalue weighted by Gasteiger charge is 2.12. The quantitative estimate of drug-likeness (QED) is 0.541. The van der Waals surface area contributed by atoms with Gasteiger partial charge < -0.3 is 0 Å². The van der Waals surface area contributed by atoms with E-state index in [0.717, 1.165) is 5.56 Å². The van der Waals surface area contributed by atoms with Crippen LogP contribution < -0.4 is 0 Å². The first-order chi connectivity index (χ1) is 6.61. The zero-order valence-corrected chi connectivity index (χ0v) is 8.38. The summed E-state index contributed by atoms with van der Waals surface area (Å²) in [5.74, 6) is -1.18. The van der Waals surface area contributed by atoms with Crippen LogP contribution in [0.1, 0.15) is 18.5 Å². The average Bonchev–Trinajstić information content (AvgIpc) is 2.19. The van der Waals surface area contributed by atoms with E-state index in [-0.39, 0.29) is 0 Å². The van der Waals surface area contributed by atoms with E-state index in [4.69, 9.17) is 11.6 Å². The van der Waals surface area contributed by atoms with Crippen LogP contribution in [0.5, 0.6) is 0 Å². The number of benzene rings is 1. The summed E-state index contributed by atoms with van der Waals surface area (Å²) < 4.78 is 24.9. The summed E-state index contributed by atoms with van der Waals surface area (Å²) in [6.45, 7) is 1.67. The highest BCUT2D eigenvalue weighted by Crippen LogP contribution is 2.17. The summed E-state index contributed by atoms with van der Waals surface area (Å²) in [7, 11) is 0. The smallest absolute Gasteiger partial charge is 0.241 e. The molecule has 1 nitrogen and oxygen atoms in total. The molecule has 0 aliphatic rings. The second-order valence-electron chi connectivity index (χ2n) is 2.84. The molecule has 0 N–H and O–H groups in total. The van der Waals surface area contributed by atoms with E-state index in [0.29, 0.717) is 0 Å². The van der Waals surface area contributed by atoms with Gasteiger partial charge in [-0.2, -0.15) is 4.39 Å². The number of hydrogen-bond acceptors (Lipinski definition) is 1. The molecule has 0 heterocycles. The standard InChI is InChI=1S/C10H10ClF2N/c1-7(14-10(13)9(11)12)8-5-3-2-4-6-8/h2-7,9H,1H3. The molecule has 0 saturated carbocycles. The average molecular weight is 218 g/mol. The molecule has 2 atom stereocenters. The minimum Gasteiger partial charge on any atom is -0.250 e. The molecule has 2 unspecified atom stereocenters. The van der Waals surface area contributed by atoms with Crippen LogP contribution >= 0.6 is 11.6 Å². The van der Waals surface area contributed by atoms with Gasteiger partial charge in [-0.05, 0) is 12.5 Å². The minimum absolute atomic E-state index is 0.423. The highest BCUT2D eigenvalue weighted by atomic mass is 35.5. The molecule has 0 aromatic heterocycles. The van der Waals surface area contributed by atoms with Crippen molar-refractivity contribution in [2.75, 3.05) is 0 Å². The molecule has 4 heteroatoms. The van der Waals surface area contributed by atoms with Gasteiger partial charge in [-0.15, -0.1) is 0 Å². The van der Waals surface area contributed by atoms with Crippen molar-refractivity contribution >= 4 is 17.6 Å². The van der Waals surface area contributed by atoms with Crippen LogP contribution in [0.4, 0.5) is 8.78 Å². The van der Waals surface area contributed by atoms with Crippen molar-refractivity contribution in [3.63, 3.8) is 0 Å². The fourth-order valence-corrected chi connectivity index (χ4v) is 1.10. The van der Waals surface area contributed by atoms with E-state index >= 15 is 0 Å². The molecule has 1 aromatic rings. The molecule has 0 amide bonds. The number of aliphatic imine (C=N–C) groups is 1. The highest BCUT2D eigenvalue weighted by molar-refractivity contribution is 6.29. The molecular weight excluding hydrogens is 208 g/mol. The lowest BCUT2D eigenvalue weighted by Crippen LogP contribution is -2.04. The third-order valence-electron chi connectivity index (χ3n) is 1.78. The second kappa shape index (κ2) is 5.05. The third-order valence-corrected chi connectivity index (χ3v) is 1.96. The molecule has 76 valence electrons. The van der Waals surface area contributed by atoms with Gasteiger partial charge in [0.2, 0.25) is 11.6 Å². The van der Waals surface area contributed by atoms with E-state index in [1.54, 1.807) is 19.1 Å². The Balaban J connectivity index is 2.77. The van der Waals surface area contributed by atoms with Crippen LogP contribution in [0.3, 0.4) is 0 Å². The molecule has 0 fully saturated rings. The van der Waals surface area contributed by atoms with Gasteiger partial charge in [0.25, 0.3) is 0 Å². The van der Waals surface area contributed by atoms with Crippen LogP contribution in [0.25, 0.3) is 0 Å². The molecule has 0 radical (unpaired) electrons. The first-order valence-electron chi connectivity index (χ1n) is 4.17. The third kappa shape index (κ3) is 3.07. The molecule has 0 spiro atoms. The first kappa shape index (κ1) is 11.1. The van der Waals surface area contributed by atoms with Gasteiger partial charge in [0.1, 0.15) is 0 Å². The van der Waals surface area contributed by atoms with E-state index in [2.05, 4.69) is 4.99 Å². The fraction of sp³-hybridized carbons (Fsp3) is 0.300. The Kier molecular flexibility index (Phi) is 4.01. The molecule has 1 aromatic carbocycles. The second-order valence-corrected chi connectivity index (χ2v) is 3.22. The summed E-state index contributed by atoms with van der Waals surface area (Å²) in [6.07, 6.45) is 0. The lowest BCUT2D eigenvalue weighted by molar-refractivity contribution is 0.496.